The fourth-order valence-electron chi connectivity index (χ4n) is 1.34. The summed E-state index contributed by atoms with van der Waals surface area (Å²) >= 11 is 0. The smallest absolute Gasteiger partial charge is 0.0672 e. The summed E-state index contributed by atoms with van der Waals surface area (Å²) in [5, 5.41) is 3.38. The molecule has 0 saturated heterocycles. The van der Waals surface area contributed by atoms with Gasteiger partial charge in [-0.2, -0.15) is 0 Å². The standard InChI is InChI=1S/C13H20N2O/c1-11(2)10-16-8-7-15-12(3)13-5-4-6-14-9-13/h4-6,9,12,15H,1,7-8,10H2,2-3H3. The van der Waals surface area contributed by atoms with E-state index >= 15 is 0 Å². The molecular formula is C13H20N2O. The Labute approximate surface area is 97.5 Å². The van der Waals surface area contributed by atoms with Crippen LogP contribution in [0.25, 0.3) is 0 Å². The van der Waals surface area contributed by atoms with Crippen molar-refractivity contribution < 1.29 is 4.74 Å². The van der Waals surface area contributed by atoms with Gasteiger partial charge in [-0.25, -0.2) is 0 Å². The normalized spacial score (nSPS) is 12.4. The highest BCUT2D eigenvalue weighted by atomic mass is 16.5. The second-order valence-electron chi connectivity index (χ2n) is 3.97. The van der Waals surface area contributed by atoms with E-state index in [1.165, 1.54) is 5.56 Å². The van der Waals surface area contributed by atoms with Crippen LogP contribution in [0.4, 0.5) is 0 Å². The molecule has 1 unspecified atom stereocenters. The topological polar surface area (TPSA) is 34.1 Å². The summed E-state index contributed by atoms with van der Waals surface area (Å²) in [6.45, 7) is 10.1. The van der Waals surface area contributed by atoms with E-state index in [9.17, 15) is 0 Å². The molecule has 16 heavy (non-hydrogen) atoms. The van der Waals surface area contributed by atoms with Crippen molar-refractivity contribution in [2.24, 2.45) is 0 Å². The molecule has 0 aromatic carbocycles. The maximum atomic E-state index is 5.40. The molecule has 0 aliphatic rings. The zero-order valence-electron chi connectivity index (χ0n) is 10.1. The Kier molecular flexibility index (Phi) is 5.75. The van der Waals surface area contributed by atoms with Crippen molar-refractivity contribution in [3.63, 3.8) is 0 Å². The van der Waals surface area contributed by atoms with E-state index in [4.69, 9.17) is 4.74 Å². The first-order valence-electron chi connectivity index (χ1n) is 5.55. The van der Waals surface area contributed by atoms with E-state index < -0.39 is 0 Å². The summed E-state index contributed by atoms with van der Waals surface area (Å²) in [5.74, 6) is 0. The molecule has 0 aliphatic heterocycles. The first kappa shape index (κ1) is 12.9. The number of hydrogen-bond donors (Lipinski definition) is 1. The van der Waals surface area contributed by atoms with Gasteiger partial charge in [-0.05, 0) is 25.5 Å². The van der Waals surface area contributed by atoms with Gasteiger partial charge in [-0.3, -0.25) is 4.98 Å². The molecule has 0 radical (unpaired) electrons. The zero-order valence-corrected chi connectivity index (χ0v) is 10.1. The molecule has 88 valence electrons. The Balaban J connectivity index is 2.16. The molecule has 1 atom stereocenters. The maximum absolute atomic E-state index is 5.40. The van der Waals surface area contributed by atoms with E-state index in [1.54, 1.807) is 6.20 Å². The van der Waals surface area contributed by atoms with Gasteiger partial charge in [0.25, 0.3) is 0 Å². The zero-order chi connectivity index (χ0) is 11.8. The maximum Gasteiger partial charge on any atom is 0.0672 e. The van der Waals surface area contributed by atoms with Crippen LogP contribution in [0.2, 0.25) is 0 Å². The van der Waals surface area contributed by atoms with Crippen molar-refractivity contribution in [1.29, 1.82) is 0 Å². The molecule has 3 heteroatoms. The van der Waals surface area contributed by atoms with E-state index in [2.05, 4.69) is 29.9 Å². The Morgan fingerprint density at radius 3 is 3.06 bits per heavy atom. The lowest BCUT2D eigenvalue weighted by Gasteiger charge is -2.13. The van der Waals surface area contributed by atoms with Gasteiger partial charge in [-0.15, -0.1) is 0 Å². The van der Waals surface area contributed by atoms with Crippen molar-refractivity contribution in [2.75, 3.05) is 19.8 Å². The summed E-state index contributed by atoms with van der Waals surface area (Å²) in [4.78, 5) is 4.09. The van der Waals surface area contributed by atoms with Crippen LogP contribution in [-0.2, 0) is 4.74 Å². The second-order valence-corrected chi connectivity index (χ2v) is 3.97. The molecule has 0 spiro atoms. The lowest BCUT2D eigenvalue weighted by molar-refractivity contribution is 0.156. The van der Waals surface area contributed by atoms with Crippen LogP contribution in [0.5, 0.6) is 0 Å². The van der Waals surface area contributed by atoms with Crippen LogP contribution in [0.3, 0.4) is 0 Å². The van der Waals surface area contributed by atoms with Crippen LogP contribution >= 0.6 is 0 Å². The number of nitrogens with one attached hydrogen (secondary N) is 1. The average Bonchev–Trinajstić information content (AvgIpc) is 2.29. The monoisotopic (exact) mass is 220 g/mol. The minimum absolute atomic E-state index is 0.308. The molecule has 1 aromatic rings. The summed E-state index contributed by atoms with van der Waals surface area (Å²) in [7, 11) is 0. The van der Waals surface area contributed by atoms with Crippen LogP contribution < -0.4 is 5.32 Å². The van der Waals surface area contributed by atoms with Gasteiger partial charge >= 0.3 is 0 Å². The first-order chi connectivity index (χ1) is 7.70. The minimum Gasteiger partial charge on any atom is -0.376 e. The van der Waals surface area contributed by atoms with Crippen molar-refractivity contribution in [3.05, 3.63) is 42.2 Å². The van der Waals surface area contributed by atoms with E-state index in [-0.39, 0.29) is 0 Å². The third kappa shape index (κ3) is 5.05. The molecule has 0 saturated carbocycles. The van der Waals surface area contributed by atoms with E-state index in [1.807, 2.05) is 19.2 Å². The fourth-order valence-corrected chi connectivity index (χ4v) is 1.34. The summed E-state index contributed by atoms with van der Waals surface area (Å²) in [6.07, 6.45) is 3.67. The van der Waals surface area contributed by atoms with Gasteiger partial charge < -0.3 is 10.1 Å². The van der Waals surface area contributed by atoms with E-state index in [0.29, 0.717) is 19.3 Å². The number of rotatable bonds is 7. The molecule has 0 amide bonds. The van der Waals surface area contributed by atoms with Crippen molar-refractivity contribution >= 4 is 0 Å². The third-order valence-corrected chi connectivity index (χ3v) is 2.23. The first-order valence-corrected chi connectivity index (χ1v) is 5.55. The molecule has 0 aliphatic carbocycles. The largest absolute Gasteiger partial charge is 0.376 e. The molecule has 0 bridgehead atoms. The predicted octanol–water partition coefficient (Wildman–Crippen LogP) is 2.32. The number of aromatic nitrogens is 1. The summed E-state index contributed by atoms with van der Waals surface area (Å²) < 4.78 is 5.40. The lowest BCUT2D eigenvalue weighted by Crippen LogP contribution is -2.23. The number of ether oxygens (including phenoxy) is 1. The van der Waals surface area contributed by atoms with Crippen molar-refractivity contribution in [1.82, 2.24) is 10.3 Å². The Bertz CT molecular complexity index is 311. The Morgan fingerprint density at radius 1 is 1.62 bits per heavy atom. The van der Waals surface area contributed by atoms with Gasteiger partial charge in [0.15, 0.2) is 0 Å². The third-order valence-electron chi connectivity index (χ3n) is 2.23. The molecular weight excluding hydrogens is 200 g/mol. The van der Waals surface area contributed by atoms with E-state index in [0.717, 1.165) is 12.1 Å². The molecule has 0 fully saturated rings. The van der Waals surface area contributed by atoms with Crippen LogP contribution in [0.1, 0.15) is 25.5 Å². The Morgan fingerprint density at radius 2 is 2.44 bits per heavy atom. The van der Waals surface area contributed by atoms with Gasteiger partial charge in [0.1, 0.15) is 0 Å². The second kappa shape index (κ2) is 7.14. The summed E-state index contributed by atoms with van der Waals surface area (Å²) in [5.41, 5.74) is 2.25. The molecule has 3 nitrogen and oxygen atoms in total. The van der Waals surface area contributed by atoms with Crippen LogP contribution in [0, 0.1) is 0 Å². The SMILES string of the molecule is C=C(C)COCCNC(C)c1cccnc1. The summed E-state index contributed by atoms with van der Waals surface area (Å²) in [6, 6.07) is 4.33. The molecule has 1 rings (SSSR count). The molecule has 1 aromatic heterocycles. The van der Waals surface area contributed by atoms with Gasteiger partial charge in [0.2, 0.25) is 0 Å². The average molecular weight is 220 g/mol. The highest BCUT2D eigenvalue weighted by molar-refractivity contribution is 5.12. The van der Waals surface area contributed by atoms with Crippen molar-refractivity contribution in [3.8, 4) is 0 Å². The van der Waals surface area contributed by atoms with Crippen molar-refractivity contribution in [2.45, 2.75) is 19.9 Å². The number of pyridine rings is 1. The Hall–Kier alpha value is -1.19. The highest BCUT2D eigenvalue weighted by Crippen LogP contribution is 2.08. The lowest BCUT2D eigenvalue weighted by atomic mass is 10.1. The fraction of sp³-hybridized carbons (Fsp3) is 0.462. The quantitative estimate of drug-likeness (QED) is 0.565. The van der Waals surface area contributed by atoms with Gasteiger partial charge in [0.05, 0.1) is 13.2 Å². The minimum atomic E-state index is 0.308. The number of nitrogens with zero attached hydrogens (tertiary/aromatic N) is 1. The number of hydrogen-bond acceptors (Lipinski definition) is 3. The molecule has 1 N–H and O–H groups in total. The van der Waals surface area contributed by atoms with Crippen LogP contribution in [-0.4, -0.2) is 24.7 Å². The van der Waals surface area contributed by atoms with Gasteiger partial charge in [-0.1, -0.05) is 18.2 Å². The molecule has 1 heterocycles. The van der Waals surface area contributed by atoms with Crippen LogP contribution in [0.15, 0.2) is 36.7 Å². The predicted molar refractivity (Wildman–Crippen MR) is 66.3 cm³/mol. The highest BCUT2D eigenvalue weighted by Gasteiger charge is 2.02. The van der Waals surface area contributed by atoms with Gasteiger partial charge in [0, 0.05) is 25.0 Å².